The fourth-order valence-corrected chi connectivity index (χ4v) is 2.91. The maximum Gasteiger partial charge on any atom is 0.286 e. The van der Waals surface area contributed by atoms with Crippen molar-refractivity contribution in [2.75, 3.05) is 7.05 Å². The van der Waals surface area contributed by atoms with E-state index in [1.807, 2.05) is 0 Å². The van der Waals surface area contributed by atoms with Gasteiger partial charge in [0.25, 0.3) is 6.43 Å². The van der Waals surface area contributed by atoms with Gasteiger partial charge in [-0.2, -0.15) is 0 Å². The molecule has 0 spiro atoms. The number of nitrogens with zero attached hydrogens (tertiary/aromatic N) is 2. The van der Waals surface area contributed by atoms with E-state index in [0.29, 0.717) is 16.8 Å². The van der Waals surface area contributed by atoms with Crippen LogP contribution in [0, 0.1) is 11.6 Å². The van der Waals surface area contributed by atoms with Gasteiger partial charge in [-0.1, -0.05) is 17.2 Å². The van der Waals surface area contributed by atoms with Crippen molar-refractivity contribution in [2.24, 2.45) is 5.10 Å². The van der Waals surface area contributed by atoms with Crippen molar-refractivity contribution in [1.29, 1.82) is 0 Å². The first-order chi connectivity index (χ1) is 11.3. The van der Waals surface area contributed by atoms with Crippen molar-refractivity contribution in [3.05, 3.63) is 65.9 Å². The first-order valence-electron chi connectivity index (χ1n) is 7.31. The molecule has 1 heterocycles. The Morgan fingerprint density at radius 1 is 1.00 bits per heavy atom. The SMILES string of the molecule is CC1=C[N+](C)(c2ccccc2-c2cc(F)ccc2F)N=C1C(F)F. The zero-order valence-corrected chi connectivity index (χ0v) is 13.1. The molecule has 2 aromatic carbocycles. The molecule has 0 radical (unpaired) electrons. The van der Waals surface area contributed by atoms with Crippen LogP contribution in [0.1, 0.15) is 6.92 Å². The van der Waals surface area contributed by atoms with E-state index in [2.05, 4.69) is 5.10 Å². The van der Waals surface area contributed by atoms with Gasteiger partial charge in [0.1, 0.15) is 24.9 Å². The Bertz CT molecular complexity index is 858. The van der Waals surface area contributed by atoms with Gasteiger partial charge >= 0.3 is 0 Å². The Hall–Kier alpha value is -2.47. The van der Waals surface area contributed by atoms with Gasteiger partial charge in [0.2, 0.25) is 0 Å². The summed E-state index contributed by atoms with van der Waals surface area (Å²) in [7, 11) is 1.62. The van der Waals surface area contributed by atoms with Crippen LogP contribution in [-0.4, -0.2) is 19.2 Å². The van der Waals surface area contributed by atoms with Gasteiger partial charge in [-0.3, -0.25) is 0 Å². The van der Waals surface area contributed by atoms with Gasteiger partial charge in [0, 0.05) is 22.8 Å². The van der Waals surface area contributed by atoms with E-state index >= 15 is 0 Å². The summed E-state index contributed by atoms with van der Waals surface area (Å²) in [6.07, 6.45) is -1.13. The molecule has 2 nitrogen and oxygen atoms in total. The number of para-hydroxylation sites is 1. The molecule has 2 aromatic rings. The molecular weight excluding hydrogens is 320 g/mol. The molecule has 0 saturated carbocycles. The third-order valence-corrected chi connectivity index (χ3v) is 3.98. The maximum atomic E-state index is 14.2. The van der Waals surface area contributed by atoms with Crippen LogP contribution in [0.15, 0.2) is 59.3 Å². The third kappa shape index (κ3) is 2.73. The fraction of sp³-hybridized carbons (Fsp3) is 0.167. The number of hydrogen-bond donors (Lipinski definition) is 0. The van der Waals surface area contributed by atoms with Crippen LogP contribution in [0.5, 0.6) is 0 Å². The highest BCUT2D eigenvalue weighted by atomic mass is 19.3. The third-order valence-electron chi connectivity index (χ3n) is 3.98. The number of allylic oxidation sites excluding steroid dienone is 1. The summed E-state index contributed by atoms with van der Waals surface area (Å²) >= 11 is 0. The van der Waals surface area contributed by atoms with Crippen LogP contribution < -0.4 is 4.59 Å². The number of quaternary nitrogens is 1. The summed E-state index contributed by atoms with van der Waals surface area (Å²) in [5.74, 6) is -1.16. The summed E-state index contributed by atoms with van der Waals surface area (Å²) in [4.78, 5) is 0. The molecular formula is C18H15F4N2+. The molecule has 3 rings (SSSR count). The van der Waals surface area contributed by atoms with Crippen LogP contribution in [0.4, 0.5) is 23.2 Å². The smallest absolute Gasteiger partial charge is 0.207 e. The van der Waals surface area contributed by atoms with E-state index in [1.165, 1.54) is 0 Å². The molecule has 0 fully saturated rings. The molecule has 0 N–H and O–H groups in total. The lowest BCUT2D eigenvalue weighted by atomic mass is 10.0. The van der Waals surface area contributed by atoms with E-state index in [-0.39, 0.29) is 15.9 Å². The number of alkyl halides is 2. The minimum absolute atomic E-state index is 0.0664. The molecule has 0 bridgehead atoms. The van der Waals surface area contributed by atoms with Crippen molar-refractivity contribution in [3.8, 4) is 11.1 Å². The lowest BCUT2D eigenvalue weighted by Gasteiger charge is -2.23. The number of hydrogen-bond acceptors (Lipinski definition) is 1. The van der Waals surface area contributed by atoms with Crippen molar-refractivity contribution >= 4 is 11.4 Å². The molecule has 0 amide bonds. The average molecular weight is 335 g/mol. The standard InChI is InChI=1S/C18H15F4N2/c1-11-10-24(2,23-17(11)18(21)22)16-6-4-3-5-13(16)14-9-12(19)7-8-15(14)20/h3-10,18H,1-2H3/q+1. The predicted molar refractivity (Wildman–Crippen MR) is 86.7 cm³/mol. The Balaban J connectivity index is 2.20. The normalized spacial score (nSPS) is 20.3. The predicted octanol–water partition coefficient (Wildman–Crippen LogP) is 5.11. The van der Waals surface area contributed by atoms with Crippen LogP contribution >= 0.6 is 0 Å². The molecule has 0 saturated heterocycles. The zero-order valence-electron chi connectivity index (χ0n) is 13.1. The topological polar surface area (TPSA) is 12.4 Å². The number of rotatable bonds is 3. The van der Waals surface area contributed by atoms with Crippen LogP contribution in [0.3, 0.4) is 0 Å². The summed E-state index contributed by atoms with van der Waals surface area (Å²) in [5.41, 5.74) is 1.02. The lowest BCUT2D eigenvalue weighted by Crippen LogP contribution is -2.31. The lowest BCUT2D eigenvalue weighted by molar-refractivity contribution is 0.224. The van der Waals surface area contributed by atoms with Crippen molar-refractivity contribution in [1.82, 2.24) is 4.59 Å². The Labute approximate surface area is 136 Å². The van der Waals surface area contributed by atoms with E-state index in [9.17, 15) is 17.6 Å². The molecule has 24 heavy (non-hydrogen) atoms. The highest BCUT2D eigenvalue weighted by molar-refractivity contribution is 6.04. The summed E-state index contributed by atoms with van der Waals surface area (Å²) < 4.78 is 53.7. The Kier molecular flexibility index (Phi) is 4.01. The molecule has 1 unspecified atom stereocenters. The van der Waals surface area contributed by atoms with Gasteiger partial charge in [-0.25, -0.2) is 17.6 Å². The number of halogens is 4. The molecule has 0 aliphatic carbocycles. The molecule has 1 atom stereocenters. The quantitative estimate of drug-likeness (QED) is 0.546. The molecule has 124 valence electrons. The maximum absolute atomic E-state index is 14.2. The second-order valence-electron chi connectivity index (χ2n) is 5.77. The van der Waals surface area contributed by atoms with Gasteiger partial charge in [0.15, 0.2) is 11.4 Å². The number of benzene rings is 2. The highest BCUT2D eigenvalue weighted by Crippen LogP contribution is 2.39. The van der Waals surface area contributed by atoms with Gasteiger partial charge in [0.05, 0.1) is 0 Å². The van der Waals surface area contributed by atoms with E-state index in [0.717, 1.165) is 18.2 Å². The molecule has 1 aliphatic rings. The second kappa shape index (κ2) is 5.87. The monoisotopic (exact) mass is 335 g/mol. The van der Waals surface area contributed by atoms with E-state index in [1.54, 1.807) is 44.4 Å². The second-order valence-corrected chi connectivity index (χ2v) is 5.77. The summed E-state index contributed by atoms with van der Waals surface area (Å²) in [6.45, 7) is 1.56. The van der Waals surface area contributed by atoms with Crippen LogP contribution in [-0.2, 0) is 0 Å². The fourth-order valence-electron chi connectivity index (χ4n) is 2.91. The van der Waals surface area contributed by atoms with Gasteiger partial charge in [-0.15, -0.1) is 4.59 Å². The zero-order chi connectivity index (χ0) is 17.5. The largest absolute Gasteiger partial charge is 0.286 e. The van der Waals surface area contributed by atoms with Crippen molar-refractivity contribution < 1.29 is 17.6 Å². The van der Waals surface area contributed by atoms with Gasteiger partial charge in [-0.05, 0) is 31.2 Å². The Morgan fingerprint density at radius 3 is 2.38 bits per heavy atom. The molecule has 6 heteroatoms. The molecule has 1 aliphatic heterocycles. The molecule has 0 aromatic heterocycles. The first-order valence-corrected chi connectivity index (χ1v) is 7.31. The first kappa shape index (κ1) is 16.4. The summed E-state index contributed by atoms with van der Waals surface area (Å²) in [5, 5.41) is 4.10. The summed E-state index contributed by atoms with van der Waals surface area (Å²) in [6, 6.07) is 9.84. The van der Waals surface area contributed by atoms with Crippen LogP contribution in [0.25, 0.3) is 11.1 Å². The van der Waals surface area contributed by atoms with E-state index in [4.69, 9.17) is 0 Å². The highest BCUT2D eigenvalue weighted by Gasteiger charge is 2.37. The minimum atomic E-state index is -2.70. The van der Waals surface area contributed by atoms with Crippen molar-refractivity contribution in [2.45, 2.75) is 13.3 Å². The van der Waals surface area contributed by atoms with Crippen LogP contribution in [0.2, 0.25) is 0 Å². The Morgan fingerprint density at radius 2 is 1.71 bits per heavy atom. The van der Waals surface area contributed by atoms with Crippen molar-refractivity contribution in [3.63, 3.8) is 0 Å². The minimum Gasteiger partial charge on any atom is -0.207 e. The van der Waals surface area contributed by atoms with E-state index < -0.39 is 18.1 Å². The average Bonchev–Trinajstić information content (AvgIpc) is 2.86. The van der Waals surface area contributed by atoms with Gasteiger partial charge < -0.3 is 0 Å².